The third-order valence-corrected chi connectivity index (χ3v) is 4.10. The first kappa shape index (κ1) is 15.4. The van der Waals surface area contributed by atoms with E-state index in [-0.39, 0.29) is 5.91 Å². The number of anilines is 1. The SMILES string of the molecule is CC(C)c1csc(NC(=O)CCOC2CCNCC2)n1. The Morgan fingerprint density at radius 3 is 2.95 bits per heavy atom. The Morgan fingerprint density at radius 1 is 1.55 bits per heavy atom. The standard InChI is InChI=1S/C14H23N3O2S/c1-10(2)12-9-20-14(16-12)17-13(18)5-8-19-11-3-6-15-7-4-11/h9-11,15H,3-8H2,1-2H3,(H,16,17,18). The van der Waals surface area contributed by atoms with Crippen molar-refractivity contribution in [2.45, 2.75) is 45.1 Å². The summed E-state index contributed by atoms with van der Waals surface area (Å²) in [5.74, 6) is 0.365. The molecular weight excluding hydrogens is 274 g/mol. The van der Waals surface area contributed by atoms with Crippen LogP contribution in [0.2, 0.25) is 0 Å². The lowest BCUT2D eigenvalue weighted by molar-refractivity contribution is -0.117. The van der Waals surface area contributed by atoms with Crippen LogP contribution in [0.5, 0.6) is 0 Å². The molecule has 2 rings (SSSR count). The molecule has 1 amide bonds. The van der Waals surface area contributed by atoms with E-state index < -0.39 is 0 Å². The first-order valence-electron chi connectivity index (χ1n) is 7.22. The number of hydrogen-bond donors (Lipinski definition) is 2. The van der Waals surface area contributed by atoms with Crippen LogP contribution in [0.4, 0.5) is 5.13 Å². The van der Waals surface area contributed by atoms with Gasteiger partial charge in [0.1, 0.15) is 0 Å². The molecule has 0 saturated carbocycles. The Bertz CT molecular complexity index is 428. The second-order valence-corrected chi connectivity index (χ2v) is 6.21. The summed E-state index contributed by atoms with van der Waals surface area (Å²) in [6.45, 7) is 6.68. The normalized spacial score (nSPS) is 16.6. The number of nitrogens with one attached hydrogen (secondary N) is 2. The maximum absolute atomic E-state index is 11.8. The number of piperidine rings is 1. The van der Waals surface area contributed by atoms with Crippen LogP contribution in [-0.4, -0.2) is 36.7 Å². The Labute approximate surface area is 124 Å². The van der Waals surface area contributed by atoms with Gasteiger partial charge in [-0.05, 0) is 31.8 Å². The van der Waals surface area contributed by atoms with E-state index in [0.717, 1.165) is 31.6 Å². The highest BCUT2D eigenvalue weighted by Gasteiger charge is 2.14. The van der Waals surface area contributed by atoms with E-state index in [0.29, 0.717) is 30.2 Å². The van der Waals surface area contributed by atoms with Crippen LogP contribution in [-0.2, 0) is 9.53 Å². The summed E-state index contributed by atoms with van der Waals surface area (Å²) in [5.41, 5.74) is 1.02. The van der Waals surface area contributed by atoms with Gasteiger partial charge in [0, 0.05) is 5.38 Å². The molecule has 1 aromatic heterocycles. The molecule has 0 aromatic carbocycles. The number of nitrogens with zero attached hydrogens (tertiary/aromatic N) is 1. The molecule has 20 heavy (non-hydrogen) atoms. The molecule has 1 aliphatic heterocycles. The van der Waals surface area contributed by atoms with Crippen LogP contribution in [0, 0.1) is 0 Å². The second kappa shape index (κ2) is 7.71. The first-order chi connectivity index (χ1) is 9.65. The van der Waals surface area contributed by atoms with Crippen molar-refractivity contribution in [2.75, 3.05) is 25.0 Å². The van der Waals surface area contributed by atoms with Gasteiger partial charge in [-0.3, -0.25) is 4.79 Å². The highest BCUT2D eigenvalue weighted by molar-refractivity contribution is 7.13. The zero-order valence-corrected chi connectivity index (χ0v) is 13.0. The van der Waals surface area contributed by atoms with Gasteiger partial charge >= 0.3 is 0 Å². The van der Waals surface area contributed by atoms with Crippen LogP contribution < -0.4 is 10.6 Å². The lowest BCUT2D eigenvalue weighted by Gasteiger charge is -2.22. The van der Waals surface area contributed by atoms with Crippen molar-refractivity contribution < 1.29 is 9.53 Å². The third kappa shape index (κ3) is 4.85. The Morgan fingerprint density at radius 2 is 2.30 bits per heavy atom. The van der Waals surface area contributed by atoms with Gasteiger partial charge in [-0.25, -0.2) is 4.98 Å². The fraction of sp³-hybridized carbons (Fsp3) is 0.714. The second-order valence-electron chi connectivity index (χ2n) is 5.35. The number of rotatable bonds is 6. The van der Waals surface area contributed by atoms with E-state index >= 15 is 0 Å². The number of carbonyl (C=O) groups excluding carboxylic acids is 1. The predicted molar refractivity (Wildman–Crippen MR) is 81.3 cm³/mol. The average Bonchev–Trinajstić information content (AvgIpc) is 2.88. The number of aromatic nitrogens is 1. The number of ether oxygens (including phenoxy) is 1. The molecule has 112 valence electrons. The molecule has 0 radical (unpaired) electrons. The summed E-state index contributed by atoms with van der Waals surface area (Å²) < 4.78 is 5.72. The zero-order chi connectivity index (χ0) is 14.4. The molecule has 1 fully saturated rings. The van der Waals surface area contributed by atoms with Crippen LogP contribution in [0.25, 0.3) is 0 Å². The van der Waals surface area contributed by atoms with Gasteiger partial charge in [-0.1, -0.05) is 13.8 Å². The molecule has 0 unspecified atom stereocenters. The van der Waals surface area contributed by atoms with Crippen molar-refractivity contribution in [2.24, 2.45) is 0 Å². The fourth-order valence-electron chi connectivity index (χ4n) is 2.07. The first-order valence-corrected chi connectivity index (χ1v) is 8.10. The lowest BCUT2D eigenvalue weighted by Crippen LogP contribution is -2.33. The summed E-state index contributed by atoms with van der Waals surface area (Å²) >= 11 is 1.48. The smallest absolute Gasteiger partial charge is 0.228 e. The molecule has 1 aromatic rings. The number of amides is 1. The Balaban J connectivity index is 1.66. The van der Waals surface area contributed by atoms with Gasteiger partial charge in [0.05, 0.1) is 24.8 Å². The zero-order valence-electron chi connectivity index (χ0n) is 12.1. The number of thiazole rings is 1. The van der Waals surface area contributed by atoms with Crippen LogP contribution in [0.1, 0.15) is 44.7 Å². The van der Waals surface area contributed by atoms with Gasteiger partial charge in [0.15, 0.2) is 5.13 Å². The molecule has 0 spiro atoms. The highest BCUT2D eigenvalue weighted by atomic mass is 32.1. The minimum absolute atomic E-state index is 0.0245. The molecular formula is C14H23N3O2S. The molecule has 2 heterocycles. The van der Waals surface area contributed by atoms with Crippen molar-refractivity contribution >= 4 is 22.4 Å². The Kier molecular flexibility index (Phi) is 5.94. The summed E-state index contributed by atoms with van der Waals surface area (Å²) in [4.78, 5) is 16.2. The van der Waals surface area contributed by atoms with E-state index in [1.54, 1.807) is 0 Å². The van der Waals surface area contributed by atoms with E-state index in [4.69, 9.17) is 4.74 Å². The average molecular weight is 297 g/mol. The molecule has 2 N–H and O–H groups in total. The Hall–Kier alpha value is -0.980. The minimum atomic E-state index is -0.0245. The van der Waals surface area contributed by atoms with Crippen molar-refractivity contribution in [3.8, 4) is 0 Å². The molecule has 0 atom stereocenters. The van der Waals surface area contributed by atoms with E-state index in [1.165, 1.54) is 11.3 Å². The molecule has 0 aliphatic carbocycles. The quantitative estimate of drug-likeness (QED) is 0.846. The van der Waals surface area contributed by atoms with E-state index in [2.05, 4.69) is 29.5 Å². The maximum atomic E-state index is 11.8. The topological polar surface area (TPSA) is 63.2 Å². The molecule has 1 aliphatic rings. The van der Waals surface area contributed by atoms with Crippen molar-refractivity contribution in [3.63, 3.8) is 0 Å². The van der Waals surface area contributed by atoms with E-state index in [9.17, 15) is 4.79 Å². The summed E-state index contributed by atoms with van der Waals surface area (Å²) in [7, 11) is 0. The predicted octanol–water partition coefficient (Wildman–Crippen LogP) is 2.36. The number of carbonyl (C=O) groups is 1. The van der Waals surface area contributed by atoms with Gasteiger partial charge in [-0.15, -0.1) is 11.3 Å². The maximum Gasteiger partial charge on any atom is 0.228 e. The minimum Gasteiger partial charge on any atom is -0.378 e. The summed E-state index contributed by atoms with van der Waals surface area (Å²) in [6.07, 6.45) is 2.76. The van der Waals surface area contributed by atoms with Crippen molar-refractivity contribution in [3.05, 3.63) is 11.1 Å². The molecule has 6 heteroatoms. The third-order valence-electron chi connectivity index (χ3n) is 3.33. The summed E-state index contributed by atoms with van der Waals surface area (Å²) in [6, 6.07) is 0. The van der Waals surface area contributed by atoms with E-state index in [1.807, 2.05) is 5.38 Å². The van der Waals surface area contributed by atoms with Crippen LogP contribution in [0.15, 0.2) is 5.38 Å². The lowest BCUT2D eigenvalue weighted by atomic mass is 10.1. The van der Waals surface area contributed by atoms with Gasteiger partial charge in [0.25, 0.3) is 0 Å². The van der Waals surface area contributed by atoms with Crippen molar-refractivity contribution in [1.29, 1.82) is 0 Å². The highest BCUT2D eigenvalue weighted by Crippen LogP contribution is 2.21. The van der Waals surface area contributed by atoms with Gasteiger partial charge < -0.3 is 15.4 Å². The van der Waals surface area contributed by atoms with Gasteiger partial charge in [0.2, 0.25) is 5.91 Å². The largest absolute Gasteiger partial charge is 0.378 e. The van der Waals surface area contributed by atoms with Crippen LogP contribution in [0.3, 0.4) is 0 Å². The van der Waals surface area contributed by atoms with Crippen LogP contribution >= 0.6 is 11.3 Å². The molecule has 5 nitrogen and oxygen atoms in total. The van der Waals surface area contributed by atoms with Crippen molar-refractivity contribution in [1.82, 2.24) is 10.3 Å². The monoisotopic (exact) mass is 297 g/mol. The number of hydrogen-bond acceptors (Lipinski definition) is 5. The van der Waals surface area contributed by atoms with Gasteiger partial charge in [-0.2, -0.15) is 0 Å². The fourth-order valence-corrected chi connectivity index (χ4v) is 2.96. The summed E-state index contributed by atoms with van der Waals surface area (Å²) in [5, 5.41) is 8.80. The molecule has 1 saturated heterocycles. The molecule has 0 bridgehead atoms.